The van der Waals surface area contributed by atoms with E-state index in [-0.39, 0.29) is 24.2 Å². The predicted molar refractivity (Wildman–Crippen MR) is 60.9 cm³/mol. The highest BCUT2D eigenvalue weighted by atomic mass is 19.3. The Hall–Kier alpha value is -1.69. The Morgan fingerprint density at radius 3 is 2.44 bits per heavy atom. The van der Waals surface area contributed by atoms with Crippen molar-refractivity contribution in [2.45, 2.75) is 25.0 Å². The molecule has 1 aromatic rings. The zero-order valence-corrected chi connectivity index (χ0v) is 9.51. The number of carboxylic acids is 1. The average molecular weight is 257 g/mol. The maximum atomic E-state index is 13.7. The summed E-state index contributed by atoms with van der Waals surface area (Å²) >= 11 is 0. The quantitative estimate of drug-likeness (QED) is 0.795. The Bertz CT molecular complexity index is 447. The van der Waals surface area contributed by atoms with Gasteiger partial charge >= 0.3 is 12.0 Å². The first-order valence-corrected chi connectivity index (χ1v) is 5.57. The Morgan fingerprint density at radius 2 is 1.94 bits per heavy atom. The monoisotopic (exact) mass is 257 g/mol. The van der Waals surface area contributed by atoms with E-state index in [0.717, 1.165) is 4.90 Å². The third-order valence-corrected chi connectivity index (χ3v) is 2.99. The largest absolute Gasteiger partial charge is 0.478 e. The van der Waals surface area contributed by atoms with Gasteiger partial charge in [0, 0.05) is 12.2 Å². The number of piperidine rings is 1. The Balaban J connectivity index is 2.23. The summed E-state index contributed by atoms with van der Waals surface area (Å²) in [6.07, 6.45) is -1.32. The van der Waals surface area contributed by atoms with Gasteiger partial charge in [-0.05, 0) is 30.7 Å². The van der Waals surface area contributed by atoms with Crippen LogP contribution < -0.4 is 4.90 Å². The Morgan fingerprint density at radius 1 is 1.33 bits per heavy atom. The minimum atomic E-state index is -3.11. The number of alkyl halides is 2. The van der Waals surface area contributed by atoms with Crippen LogP contribution in [0.5, 0.6) is 0 Å². The second kappa shape index (κ2) is 4.53. The molecule has 0 radical (unpaired) electrons. The molecule has 2 N–H and O–H groups in total. The number of halogens is 2. The summed E-state index contributed by atoms with van der Waals surface area (Å²) in [6.45, 7) is 0.0422. The van der Waals surface area contributed by atoms with Crippen LogP contribution in [0.3, 0.4) is 0 Å². The normalized spacial score (nSPS) is 22.8. The molecule has 1 aromatic carbocycles. The van der Waals surface area contributed by atoms with E-state index in [1.54, 1.807) is 0 Å². The van der Waals surface area contributed by atoms with Gasteiger partial charge in [0.2, 0.25) is 0 Å². The fourth-order valence-electron chi connectivity index (χ4n) is 2.04. The zero-order chi connectivity index (χ0) is 13.3. The van der Waals surface area contributed by atoms with Crippen molar-refractivity contribution in [3.05, 3.63) is 29.8 Å². The van der Waals surface area contributed by atoms with Gasteiger partial charge in [-0.25, -0.2) is 4.79 Å². The fourth-order valence-corrected chi connectivity index (χ4v) is 2.04. The number of anilines is 1. The van der Waals surface area contributed by atoms with Gasteiger partial charge in [0.15, 0.2) is 0 Å². The highest BCUT2D eigenvalue weighted by Gasteiger charge is 2.42. The summed E-state index contributed by atoms with van der Waals surface area (Å²) in [5.41, 5.74) is 0.316. The summed E-state index contributed by atoms with van der Waals surface area (Å²) < 4.78 is 27.4. The second-order valence-corrected chi connectivity index (χ2v) is 4.32. The molecule has 1 atom stereocenters. The number of aliphatic hydroxyl groups is 1. The molecule has 6 heteroatoms. The molecule has 98 valence electrons. The van der Waals surface area contributed by atoms with Gasteiger partial charge in [-0.15, -0.1) is 0 Å². The van der Waals surface area contributed by atoms with Crippen LogP contribution in [0.1, 0.15) is 23.2 Å². The lowest BCUT2D eigenvalue weighted by atomic mass is 10.0. The van der Waals surface area contributed by atoms with E-state index in [1.807, 2.05) is 0 Å². The average Bonchev–Trinajstić information content (AvgIpc) is 2.28. The van der Waals surface area contributed by atoms with Crippen molar-refractivity contribution in [1.29, 1.82) is 0 Å². The lowest BCUT2D eigenvalue weighted by Crippen LogP contribution is -2.49. The van der Waals surface area contributed by atoms with Crippen LogP contribution in [-0.2, 0) is 0 Å². The minimum Gasteiger partial charge on any atom is -0.478 e. The molecule has 4 nitrogen and oxygen atoms in total. The molecule has 0 saturated carbocycles. The van der Waals surface area contributed by atoms with Crippen molar-refractivity contribution in [2.75, 3.05) is 11.4 Å². The van der Waals surface area contributed by atoms with Gasteiger partial charge in [0.1, 0.15) is 0 Å². The summed E-state index contributed by atoms with van der Waals surface area (Å²) in [7, 11) is 0. The van der Waals surface area contributed by atoms with Crippen LogP contribution >= 0.6 is 0 Å². The molecule has 1 saturated heterocycles. The summed E-state index contributed by atoms with van der Waals surface area (Å²) in [5, 5.41) is 18.0. The van der Waals surface area contributed by atoms with Gasteiger partial charge in [-0.1, -0.05) is 0 Å². The maximum absolute atomic E-state index is 13.7. The van der Waals surface area contributed by atoms with Crippen LogP contribution in [0.15, 0.2) is 24.3 Å². The van der Waals surface area contributed by atoms with Crippen LogP contribution in [0.2, 0.25) is 0 Å². The molecular formula is C12H13F2NO3. The molecule has 0 amide bonds. The van der Waals surface area contributed by atoms with E-state index in [4.69, 9.17) is 5.11 Å². The third-order valence-electron chi connectivity index (χ3n) is 2.99. The smallest absolute Gasteiger partial charge is 0.335 e. The summed E-state index contributed by atoms with van der Waals surface area (Å²) in [6, 6.07) is 2.18. The lowest BCUT2D eigenvalue weighted by Gasteiger charge is -2.38. The minimum absolute atomic E-state index is 0.0422. The topological polar surface area (TPSA) is 60.8 Å². The summed E-state index contributed by atoms with van der Waals surface area (Å²) in [4.78, 5) is 11.6. The molecule has 1 aliphatic rings. The SMILES string of the molecule is O=C(O)c1ccc(N2CCC(O)CC2(F)F)cc1. The Labute approximate surface area is 102 Å². The molecular weight excluding hydrogens is 244 g/mol. The molecule has 2 rings (SSSR count). The second-order valence-electron chi connectivity index (χ2n) is 4.32. The number of carbonyl (C=O) groups is 1. The van der Waals surface area contributed by atoms with E-state index in [2.05, 4.69) is 0 Å². The number of aliphatic hydroxyl groups excluding tert-OH is 1. The summed E-state index contributed by atoms with van der Waals surface area (Å²) in [5.74, 6) is -1.10. The molecule has 0 aliphatic carbocycles. The van der Waals surface area contributed by atoms with Gasteiger partial charge < -0.3 is 15.1 Å². The first-order chi connectivity index (χ1) is 8.40. The van der Waals surface area contributed by atoms with Crippen molar-refractivity contribution in [3.8, 4) is 0 Å². The third kappa shape index (κ3) is 2.43. The first kappa shape index (κ1) is 12.8. The van der Waals surface area contributed by atoms with Crippen LogP contribution in [0.4, 0.5) is 14.5 Å². The number of hydrogen-bond acceptors (Lipinski definition) is 3. The first-order valence-electron chi connectivity index (χ1n) is 5.57. The molecule has 1 unspecified atom stereocenters. The number of aromatic carboxylic acids is 1. The molecule has 18 heavy (non-hydrogen) atoms. The van der Waals surface area contributed by atoms with Gasteiger partial charge in [0.05, 0.1) is 18.1 Å². The van der Waals surface area contributed by atoms with Crippen molar-refractivity contribution >= 4 is 11.7 Å². The van der Waals surface area contributed by atoms with E-state index in [9.17, 15) is 18.7 Å². The van der Waals surface area contributed by atoms with Crippen molar-refractivity contribution in [2.24, 2.45) is 0 Å². The standard InChI is InChI=1S/C12H13F2NO3/c13-12(14)7-10(16)5-6-15(12)9-3-1-8(2-4-9)11(17)18/h1-4,10,16H,5-7H2,(H,17,18). The van der Waals surface area contributed by atoms with Gasteiger partial charge in [-0.2, -0.15) is 8.78 Å². The van der Waals surface area contributed by atoms with Crippen LogP contribution in [0, 0.1) is 0 Å². The van der Waals surface area contributed by atoms with Crippen molar-refractivity contribution in [1.82, 2.24) is 0 Å². The number of carboxylic acid groups (broad SMARTS) is 1. The molecule has 1 fully saturated rings. The number of nitrogens with zero attached hydrogens (tertiary/aromatic N) is 1. The van der Waals surface area contributed by atoms with E-state index < -0.39 is 24.5 Å². The van der Waals surface area contributed by atoms with Gasteiger partial charge in [-0.3, -0.25) is 0 Å². The van der Waals surface area contributed by atoms with Crippen molar-refractivity contribution < 1.29 is 23.8 Å². The highest BCUT2D eigenvalue weighted by Crippen LogP contribution is 2.35. The molecule has 1 heterocycles. The van der Waals surface area contributed by atoms with E-state index in [0.29, 0.717) is 0 Å². The molecule has 0 bridgehead atoms. The fraction of sp³-hybridized carbons (Fsp3) is 0.417. The molecule has 0 spiro atoms. The predicted octanol–water partition coefficient (Wildman–Crippen LogP) is 1.94. The molecule has 0 aromatic heterocycles. The van der Waals surface area contributed by atoms with Crippen LogP contribution in [0.25, 0.3) is 0 Å². The van der Waals surface area contributed by atoms with E-state index >= 15 is 0 Å². The highest BCUT2D eigenvalue weighted by molar-refractivity contribution is 5.88. The number of hydrogen-bond donors (Lipinski definition) is 2. The van der Waals surface area contributed by atoms with Gasteiger partial charge in [0.25, 0.3) is 0 Å². The zero-order valence-electron chi connectivity index (χ0n) is 9.51. The van der Waals surface area contributed by atoms with Crippen molar-refractivity contribution in [3.63, 3.8) is 0 Å². The number of benzene rings is 1. The maximum Gasteiger partial charge on any atom is 0.335 e. The Kier molecular flexibility index (Phi) is 3.21. The number of rotatable bonds is 2. The van der Waals surface area contributed by atoms with E-state index in [1.165, 1.54) is 24.3 Å². The van der Waals surface area contributed by atoms with Crippen LogP contribution in [-0.4, -0.2) is 34.9 Å². The molecule has 1 aliphatic heterocycles. The lowest BCUT2D eigenvalue weighted by molar-refractivity contribution is -0.0665.